The summed E-state index contributed by atoms with van der Waals surface area (Å²) in [6.45, 7) is 1.76. The van der Waals surface area contributed by atoms with Crippen LogP contribution in [0.15, 0.2) is 42.5 Å². The van der Waals surface area contributed by atoms with E-state index in [0.717, 1.165) is 11.6 Å². The molecule has 0 saturated heterocycles. The van der Waals surface area contributed by atoms with E-state index in [2.05, 4.69) is 4.74 Å². The van der Waals surface area contributed by atoms with Crippen LogP contribution in [0.5, 0.6) is 5.75 Å². The summed E-state index contributed by atoms with van der Waals surface area (Å²) in [5.41, 5.74) is 6.66. The fourth-order valence-electron chi connectivity index (χ4n) is 1.88. The molecule has 0 aliphatic heterocycles. The first-order valence-corrected chi connectivity index (χ1v) is 6.03. The second-order valence-electron chi connectivity index (χ2n) is 4.46. The number of carbonyl (C=O) groups excluding carboxylic acids is 1. The molecule has 3 nitrogen and oxygen atoms in total. The molecular formula is C15H12F3NO2. The van der Waals surface area contributed by atoms with Gasteiger partial charge in [0.15, 0.2) is 5.78 Å². The number of nitrogen functional groups attached to an aromatic ring is 1. The van der Waals surface area contributed by atoms with Crippen molar-refractivity contribution in [2.75, 3.05) is 5.73 Å². The molecule has 2 aromatic carbocycles. The number of benzene rings is 2. The zero-order valence-corrected chi connectivity index (χ0v) is 11.1. The Bertz CT molecular complexity index is 681. The van der Waals surface area contributed by atoms with E-state index in [4.69, 9.17) is 5.73 Å². The van der Waals surface area contributed by atoms with Gasteiger partial charge < -0.3 is 10.5 Å². The van der Waals surface area contributed by atoms with E-state index in [0.29, 0.717) is 0 Å². The third kappa shape index (κ3) is 3.53. The number of alkyl halides is 3. The molecule has 6 heteroatoms. The molecule has 2 N–H and O–H groups in total. The van der Waals surface area contributed by atoms with E-state index < -0.39 is 17.9 Å². The van der Waals surface area contributed by atoms with Gasteiger partial charge in [0.05, 0.1) is 5.56 Å². The molecule has 0 unspecified atom stereocenters. The van der Waals surface area contributed by atoms with Gasteiger partial charge in [-0.3, -0.25) is 4.79 Å². The average molecular weight is 295 g/mol. The third-order valence-corrected chi connectivity index (χ3v) is 2.81. The van der Waals surface area contributed by atoms with Gasteiger partial charge in [-0.1, -0.05) is 23.8 Å². The highest BCUT2D eigenvalue weighted by Crippen LogP contribution is 2.29. The molecule has 0 fully saturated rings. The maximum atomic E-state index is 12.4. The first kappa shape index (κ1) is 14.9. The van der Waals surface area contributed by atoms with Crippen LogP contribution in [-0.4, -0.2) is 12.1 Å². The van der Waals surface area contributed by atoms with E-state index in [1.54, 1.807) is 13.0 Å². The molecule has 0 aliphatic carbocycles. The first-order chi connectivity index (χ1) is 9.78. The van der Waals surface area contributed by atoms with E-state index in [9.17, 15) is 18.0 Å². The lowest BCUT2D eigenvalue weighted by molar-refractivity contribution is -0.274. The summed E-state index contributed by atoms with van der Waals surface area (Å²) in [6.07, 6.45) is -4.87. The van der Waals surface area contributed by atoms with E-state index in [-0.39, 0.29) is 16.8 Å². The van der Waals surface area contributed by atoms with Crippen LogP contribution in [-0.2, 0) is 0 Å². The van der Waals surface area contributed by atoms with Crippen molar-refractivity contribution < 1.29 is 22.7 Å². The smallest absolute Gasteiger partial charge is 0.405 e. The molecule has 0 heterocycles. The fraction of sp³-hybridized carbons (Fsp3) is 0.133. The molecule has 0 aromatic heterocycles. The standard InChI is InChI=1S/C15H12F3NO2/c1-9-6-7-12(19)11(8-9)14(20)10-4-2-3-5-13(10)21-15(16,17)18/h2-8H,19H2,1H3. The van der Waals surface area contributed by atoms with Gasteiger partial charge in [-0.15, -0.1) is 13.2 Å². The molecule has 0 amide bonds. The van der Waals surface area contributed by atoms with Crippen molar-refractivity contribution in [3.63, 3.8) is 0 Å². The number of nitrogens with two attached hydrogens (primary N) is 1. The monoisotopic (exact) mass is 295 g/mol. The molecule has 2 aromatic rings. The summed E-state index contributed by atoms with van der Waals surface area (Å²) in [5, 5.41) is 0. The minimum atomic E-state index is -4.87. The van der Waals surface area contributed by atoms with Crippen molar-refractivity contribution in [2.45, 2.75) is 13.3 Å². The molecular weight excluding hydrogens is 283 g/mol. The lowest BCUT2D eigenvalue weighted by Crippen LogP contribution is -2.19. The zero-order valence-electron chi connectivity index (χ0n) is 11.1. The van der Waals surface area contributed by atoms with Crippen LogP contribution in [0.1, 0.15) is 21.5 Å². The number of anilines is 1. The Morgan fingerprint density at radius 2 is 1.76 bits per heavy atom. The number of rotatable bonds is 3. The van der Waals surface area contributed by atoms with Crippen molar-refractivity contribution >= 4 is 11.5 Å². The number of hydrogen-bond donors (Lipinski definition) is 1. The number of ether oxygens (including phenoxy) is 1. The van der Waals surface area contributed by atoms with Crippen molar-refractivity contribution in [3.8, 4) is 5.75 Å². The van der Waals surface area contributed by atoms with Gasteiger partial charge in [-0.05, 0) is 31.2 Å². The van der Waals surface area contributed by atoms with Gasteiger partial charge in [0.25, 0.3) is 0 Å². The van der Waals surface area contributed by atoms with Crippen LogP contribution in [0.25, 0.3) is 0 Å². The number of hydrogen-bond acceptors (Lipinski definition) is 3. The van der Waals surface area contributed by atoms with Crippen LogP contribution < -0.4 is 10.5 Å². The summed E-state index contributed by atoms with van der Waals surface area (Å²) in [7, 11) is 0. The topological polar surface area (TPSA) is 52.3 Å². The Morgan fingerprint density at radius 1 is 1.10 bits per heavy atom. The normalized spacial score (nSPS) is 11.2. The van der Waals surface area contributed by atoms with Crippen LogP contribution in [0, 0.1) is 6.92 Å². The molecule has 110 valence electrons. The highest BCUT2D eigenvalue weighted by Gasteiger charge is 2.33. The van der Waals surface area contributed by atoms with E-state index in [1.807, 2.05) is 0 Å². The molecule has 0 spiro atoms. The predicted molar refractivity (Wildman–Crippen MR) is 72.1 cm³/mol. The Balaban J connectivity index is 2.46. The van der Waals surface area contributed by atoms with Crippen molar-refractivity contribution in [1.82, 2.24) is 0 Å². The van der Waals surface area contributed by atoms with Crippen LogP contribution in [0.2, 0.25) is 0 Å². The number of aryl methyl sites for hydroxylation is 1. The fourth-order valence-corrected chi connectivity index (χ4v) is 1.88. The maximum absolute atomic E-state index is 12.4. The highest BCUT2D eigenvalue weighted by atomic mass is 19.4. The Hall–Kier alpha value is -2.50. The Kier molecular flexibility index (Phi) is 3.88. The third-order valence-electron chi connectivity index (χ3n) is 2.81. The van der Waals surface area contributed by atoms with Gasteiger partial charge in [-0.25, -0.2) is 0 Å². The van der Waals surface area contributed by atoms with Gasteiger partial charge in [0.1, 0.15) is 5.75 Å². The number of halogens is 3. The number of para-hydroxylation sites is 1. The van der Waals surface area contributed by atoms with Crippen LogP contribution >= 0.6 is 0 Å². The highest BCUT2D eigenvalue weighted by molar-refractivity contribution is 6.13. The lowest BCUT2D eigenvalue weighted by atomic mass is 9.99. The number of carbonyl (C=O) groups is 1. The quantitative estimate of drug-likeness (QED) is 0.693. The van der Waals surface area contributed by atoms with Gasteiger partial charge in [-0.2, -0.15) is 0 Å². The Labute approximate surface area is 119 Å². The second-order valence-corrected chi connectivity index (χ2v) is 4.46. The molecule has 0 radical (unpaired) electrons. The van der Waals surface area contributed by atoms with Gasteiger partial charge >= 0.3 is 6.36 Å². The summed E-state index contributed by atoms with van der Waals surface area (Å²) in [6, 6.07) is 9.96. The summed E-state index contributed by atoms with van der Waals surface area (Å²) < 4.78 is 41.0. The van der Waals surface area contributed by atoms with Crippen molar-refractivity contribution in [1.29, 1.82) is 0 Å². The molecule has 0 aliphatic rings. The summed E-state index contributed by atoms with van der Waals surface area (Å²) in [4.78, 5) is 12.4. The summed E-state index contributed by atoms with van der Waals surface area (Å²) in [5.74, 6) is -1.16. The van der Waals surface area contributed by atoms with Crippen LogP contribution in [0.3, 0.4) is 0 Å². The van der Waals surface area contributed by atoms with Crippen molar-refractivity contribution in [2.24, 2.45) is 0 Å². The largest absolute Gasteiger partial charge is 0.573 e. The first-order valence-electron chi connectivity index (χ1n) is 6.03. The molecule has 0 atom stereocenters. The van der Waals surface area contributed by atoms with E-state index in [1.165, 1.54) is 30.3 Å². The predicted octanol–water partition coefficient (Wildman–Crippen LogP) is 3.71. The van der Waals surface area contributed by atoms with Gasteiger partial charge in [0.2, 0.25) is 0 Å². The van der Waals surface area contributed by atoms with Crippen LogP contribution in [0.4, 0.5) is 18.9 Å². The zero-order chi connectivity index (χ0) is 15.6. The second kappa shape index (κ2) is 5.47. The maximum Gasteiger partial charge on any atom is 0.573 e. The minimum Gasteiger partial charge on any atom is -0.405 e. The SMILES string of the molecule is Cc1ccc(N)c(C(=O)c2ccccc2OC(F)(F)F)c1. The molecule has 0 bridgehead atoms. The van der Waals surface area contributed by atoms with Crippen molar-refractivity contribution in [3.05, 3.63) is 59.2 Å². The van der Waals surface area contributed by atoms with Gasteiger partial charge in [0, 0.05) is 11.3 Å². The molecule has 0 saturated carbocycles. The molecule has 2 rings (SSSR count). The average Bonchev–Trinajstić information content (AvgIpc) is 2.39. The van der Waals surface area contributed by atoms with E-state index >= 15 is 0 Å². The summed E-state index contributed by atoms with van der Waals surface area (Å²) >= 11 is 0. The minimum absolute atomic E-state index is 0.147. The Morgan fingerprint density at radius 3 is 2.43 bits per heavy atom. The lowest BCUT2D eigenvalue weighted by Gasteiger charge is -2.13. The molecule has 21 heavy (non-hydrogen) atoms. The number of ketones is 1.